The van der Waals surface area contributed by atoms with Gasteiger partial charge in [-0.1, -0.05) is 13.3 Å². The summed E-state index contributed by atoms with van der Waals surface area (Å²) in [6, 6.07) is 0. The zero-order chi connectivity index (χ0) is 11.5. The smallest absolute Gasteiger partial charge is 0.232 e. The molecule has 0 fully saturated rings. The number of carbonyl (C=O) groups is 1. The third-order valence-corrected chi connectivity index (χ3v) is 2.99. The van der Waals surface area contributed by atoms with E-state index in [1.165, 1.54) is 4.90 Å². The number of rotatable bonds is 9. The molecule has 0 aliphatic rings. The number of amides is 1. The first-order valence-electron chi connectivity index (χ1n) is 5.33. The minimum Gasteiger partial charge on any atom is -0.395 e. The van der Waals surface area contributed by atoms with Gasteiger partial charge in [-0.15, -0.1) is 0 Å². The Balaban J connectivity index is 3.70. The van der Waals surface area contributed by atoms with Crippen molar-refractivity contribution in [3.05, 3.63) is 0 Å². The number of hydrogen-bond donors (Lipinski definition) is 2. The van der Waals surface area contributed by atoms with Crippen molar-refractivity contribution in [1.29, 1.82) is 0 Å². The van der Waals surface area contributed by atoms with Gasteiger partial charge in [0.1, 0.15) is 0 Å². The van der Waals surface area contributed by atoms with Gasteiger partial charge in [-0.25, -0.2) is 0 Å². The minimum atomic E-state index is -0.0502. The molecule has 0 unspecified atom stereocenters. The van der Waals surface area contributed by atoms with Crippen molar-refractivity contribution in [2.24, 2.45) is 0 Å². The molecule has 0 aromatic carbocycles. The van der Waals surface area contributed by atoms with Crippen LogP contribution in [0.3, 0.4) is 0 Å². The summed E-state index contributed by atoms with van der Waals surface area (Å²) in [5.74, 6) is 1.44. The second-order valence-corrected chi connectivity index (χ2v) is 4.34. The van der Waals surface area contributed by atoms with Crippen molar-refractivity contribution >= 4 is 17.7 Å². The lowest BCUT2D eigenvalue weighted by atomic mass is 10.4. The predicted molar refractivity (Wildman–Crippen MR) is 63.0 cm³/mol. The summed E-state index contributed by atoms with van der Waals surface area (Å²) in [5.41, 5.74) is 0. The number of nitrogens with zero attached hydrogens (tertiary/aromatic N) is 1. The Morgan fingerprint density at radius 1 is 1.27 bits per heavy atom. The number of carbonyl (C=O) groups excluding carboxylic acids is 1. The van der Waals surface area contributed by atoms with Crippen LogP contribution in [0.4, 0.5) is 0 Å². The van der Waals surface area contributed by atoms with Gasteiger partial charge in [-0.2, -0.15) is 11.8 Å². The summed E-state index contributed by atoms with van der Waals surface area (Å²) in [7, 11) is 0. The molecule has 0 spiro atoms. The van der Waals surface area contributed by atoms with E-state index in [1.54, 1.807) is 11.8 Å². The second-order valence-electron chi connectivity index (χ2n) is 3.23. The van der Waals surface area contributed by atoms with Crippen LogP contribution in [0.1, 0.15) is 19.8 Å². The summed E-state index contributed by atoms with van der Waals surface area (Å²) in [5, 5.41) is 17.5. The lowest BCUT2D eigenvalue weighted by Crippen LogP contribution is -2.37. The fourth-order valence-corrected chi connectivity index (χ4v) is 2.09. The summed E-state index contributed by atoms with van der Waals surface area (Å²) >= 11 is 1.61. The Bertz CT molecular complexity index is 161. The highest BCUT2D eigenvalue weighted by molar-refractivity contribution is 7.99. The highest BCUT2D eigenvalue weighted by Crippen LogP contribution is 2.05. The molecule has 0 aromatic heterocycles. The van der Waals surface area contributed by atoms with Crippen LogP contribution in [0, 0.1) is 0 Å². The molecule has 0 aromatic rings. The highest BCUT2D eigenvalue weighted by Gasteiger charge is 2.11. The Morgan fingerprint density at radius 3 is 2.33 bits per heavy atom. The zero-order valence-corrected chi connectivity index (χ0v) is 10.1. The van der Waals surface area contributed by atoms with E-state index in [4.69, 9.17) is 10.2 Å². The van der Waals surface area contributed by atoms with E-state index in [0.29, 0.717) is 18.8 Å². The molecule has 0 bridgehead atoms. The fourth-order valence-electron chi connectivity index (χ4n) is 1.10. The first-order chi connectivity index (χ1) is 7.26. The van der Waals surface area contributed by atoms with Gasteiger partial charge in [-0.3, -0.25) is 4.79 Å². The zero-order valence-electron chi connectivity index (χ0n) is 9.31. The fraction of sp³-hybridized carbons (Fsp3) is 0.900. The SMILES string of the molecule is CCCCSCC(=O)N(CCO)CCO. The van der Waals surface area contributed by atoms with Gasteiger partial charge in [0.05, 0.1) is 19.0 Å². The average Bonchev–Trinajstić information content (AvgIpc) is 2.24. The largest absolute Gasteiger partial charge is 0.395 e. The number of hydrogen-bond acceptors (Lipinski definition) is 4. The van der Waals surface area contributed by atoms with Gasteiger partial charge in [-0.05, 0) is 12.2 Å². The molecule has 0 saturated heterocycles. The van der Waals surface area contributed by atoms with Crippen LogP contribution in [-0.2, 0) is 4.79 Å². The third kappa shape index (κ3) is 7.64. The third-order valence-electron chi connectivity index (χ3n) is 1.96. The predicted octanol–water partition coefficient (Wildman–Crippen LogP) is 0.333. The molecule has 0 saturated carbocycles. The quantitative estimate of drug-likeness (QED) is 0.566. The summed E-state index contributed by atoms with van der Waals surface area (Å²) in [4.78, 5) is 13.1. The Kier molecular flexibility index (Phi) is 10.1. The number of aliphatic hydroxyl groups is 2. The van der Waals surface area contributed by atoms with Gasteiger partial charge in [0.2, 0.25) is 5.91 Å². The number of unbranched alkanes of at least 4 members (excludes halogenated alkanes) is 1. The van der Waals surface area contributed by atoms with E-state index in [9.17, 15) is 4.79 Å². The molecule has 0 aliphatic heterocycles. The van der Waals surface area contributed by atoms with Crippen LogP contribution >= 0.6 is 11.8 Å². The van der Waals surface area contributed by atoms with Crippen LogP contribution < -0.4 is 0 Å². The molecule has 0 rings (SSSR count). The van der Waals surface area contributed by atoms with Crippen LogP contribution in [0.5, 0.6) is 0 Å². The Hall–Kier alpha value is -0.260. The van der Waals surface area contributed by atoms with Crippen molar-refractivity contribution in [1.82, 2.24) is 4.90 Å². The second kappa shape index (κ2) is 10.3. The molecule has 2 N–H and O–H groups in total. The van der Waals surface area contributed by atoms with E-state index in [1.807, 2.05) is 0 Å². The molecule has 0 atom stereocenters. The Morgan fingerprint density at radius 2 is 1.87 bits per heavy atom. The van der Waals surface area contributed by atoms with Crippen molar-refractivity contribution in [2.75, 3.05) is 37.8 Å². The molecule has 0 radical (unpaired) electrons. The molecule has 0 heterocycles. The van der Waals surface area contributed by atoms with Crippen LogP contribution in [0.2, 0.25) is 0 Å². The van der Waals surface area contributed by atoms with E-state index in [-0.39, 0.29) is 19.1 Å². The lowest BCUT2D eigenvalue weighted by Gasteiger charge is -2.20. The number of aliphatic hydroxyl groups excluding tert-OH is 2. The lowest BCUT2D eigenvalue weighted by molar-refractivity contribution is -0.129. The van der Waals surface area contributed by atoms with Crippen molar-refractivity contribution < 1.29 is 15.0 Å². The summed E-state index contributed by atoms with van der Waals surface area (Å²) < 4.78 is 0. The molecule has 15 heavy (non-hydrogen) atoms. The van der Waals surface area contributed by atoms with Crippen LogP contribution in [-0.4, -0.2) is 58.8 Å². The van der Waals surface area contributed by atoms with Crippen molar-refractivity contribution in [3.63, 3.8) is 0 Å². The first-order valence-corrected chi connectivity index (χ1v) is 6.49. The molecule has 5 heteroatoms. The maximum atomic E-state index is 11.6. The highest BCUT2D eigenvalue weighted by atomic mass is 32.2. The molecule has 0 aliphatic carbocycles. The van der Waals surface area contributed by atoms with Gasteiger partial charge in [0, 0.05) is 13.1 Å². The van der Waals surface area contributed by atoms with E-state index in [2.05, 4.69) is 6.92 Å². The summed E-state index contributed by atoms with van der Waals surface area (Å²) in [6.45, 7) is 2.64. The monoisotopic (exact) mass is 235 g/mol. The van der Waals surface area contributed by atoms with Gasteiger partial charge in [0.15, 0.2) is 0 Å². The Labute approximate surface area is 95.7 Å². The van der Waals surface area contributed by atoms with E-state index in [0.717, 1.165) is 18.6 Å². The minimum absolute atomic E-state index is 0.000738. The van der Waals surface area contributed by atoms with Gasteiger partial charge in [0.25, 0.3) is 0 Å². The topological polar surface area (TPSA) is 60.8 Å². The van der Waals surface area contributed by atoms with Crippen molar-refractivity contribution in [2.45, 2.75) is 19.8 Å². The standard InChI is InChI=1S/C10H21NO3S/c1-2-3-8-15-9-10(14)11(4-6-12)5-7-13/h12-13H,2-9H2,1H3. The van der Waals surface area contributed by atoms with E-state index < -0.39 is 0 Å². The van der Waals surface area contributed by atoms with Crippen molar-refractivity contribution in [3.8, 4) is 0 Å². The maximum Gasteiger partial charge on any atom is 0.232 e. The summed E-state index contributed by atoms with van der Waals surface area (Å²) in [6.07, 6.45) is 2.26. The number of thioether (sulfide) groups is 1. The molecule has 4 nitrogen and oxygen atoms in total. The molecular weight excluding hydrogens is 214 g/mol. The molecule has 1 amide bonds. The normalized spacial score (nSPS) is 10.3. The first kappa shape index (κ1) is 14.7. The van der Waals surface area contributed by atoms with Gasteiger partial charge >= 0.3 is 0 Å². The van der Waals surface area contributed by atoms with E-state index >= 15 is 0 Å². The molecule has 90 valence electrons. The molecular formula is C10H21NO3S. The van der Waals surface area contributed by atoms with Gasteiger partial charge < -0.3 is 15.1 Å². The van der Waals surface area contributed by atoms with Crippen LogP contribution in [0.25, 0.3) is 0 Å². The maximum absolute atomic E-state index is 11.6. The van der Waals surface area contributed by atoms with Crippen LogP contribution in [0.15, 0.2) is 0 Å². The average molecular weight is 235 g/mol.